The molecule has 2 aromatic carbocycles. The lowest BCUT2D eigenvalue weighted by molar-refractivity contribution is 0.0929. The van der Waals surface area contributed by atoms with Crippen molar-refractivity contribution in [2.75, 3.05) is 0 Å². The Morgan fingerprint density at radius 1 is 1.13 bits per heavy atom. The fourth-order valence-corrected chi connectivity index (χ4v) is 3.21. The summed E-state index contributed by atoms with van der Waals surface area (Å²) in [6.45, 7) is 7.52. The minimum atomic E-state index is -0.733. The molecule has 1 N–H and O–H groups in total. The number of aryl methyl sites for hydroxylation is 2. The molecule has 31 heavy (non-hydrogen) atoms. The van der Waals surface area contributed by atoms with Crippen LogP contribution in [0.5, 0.6) is 0 Å². The molecule has 0 saturated heterocycles. The summed E-state index contributed by atoms with van der Waals surface area (Å²) in [5.41, 5.74) is 1.22. The van der Waals surface area contributed by atoms with Gasteiger partial charge in [-0.3, -0.25) is 14.2 Å². The van der Waals surface area contributed by atoms with Crippen molar-refractivity contribution in [1.29, 1.82) is 0 Å². The third kappa shape index (κ3) is 4.77. The van der Waals surface area contributed by atoms with Crippen molar-refractivity contribution in [3.05, 3.63) is 90.7 Å². The van der Waals surface area contributed by atoms with Crippen molar-refractivity contribution in [2.45, 2.75) is 46.7 Å². The Hall–Kier alpha value is -3.19. The second-order valence-corrected chi connectivity index (χ2v) is 7.98. The first-order valence-electron chi connectivity index (χ1n) is 10.1. The molecule has 8 heteroatoms. The van der Waals surface area contributed by atoms with E-state index in [0.717, 1.165) is 25.9 Å². The minimum absolute atomic E-state index is 0.0239. The van der Waals surface area contributed by atoms with Gasteiger partial charge in [0, 0.05) is 11.1 Å². The van der Waals surface area contributed by atoms with Gasteiger partial charge in [-0.2, -0.15) is 9.78 Å². The molecule has 1 aromatic heterocycles. The largest absolute Gasteiger partial charge is 0.352 e. The maximum atomic E-state index is 13.2. The summed E-state index contributed by atoms with van der Waals surface area (Å²) in [5.74, 6) is -0.621. The average Bonchev–Trinajstić information content (AvgIpc) is 2.74. The van der Waals surface area contributed by atoms with Gasteiger partial charge >= 0.3 is 5.69 Å². The predicted molar refractivity (Wildman–Crippen MR) is 121 cm³/mol. The Balaban J connectivity index is 2.23. The summed E-state index contributed by atoms with van der Waals surface area (Å²) in [6, 6.07) is 12.3. The molecule has 0 fully saturated rings. The smallest absolute Gasteiger partial charge is 0.348 e. The van der Waals surface area contributed by atoms with E-state index >= 15 is 0 Å². The molecule has 1 unspecified atom stereocenters. The van der Waals surface area contributed by atoms with Crippen molar-refractivity contribution >= 4 is 17.5 Å². The van der Waals surface area contributed by atoms with Crippen LogP contribution in [0.1, 0.15) is 47.4 Å². The Kier molecular flexibility index (Phi) is 6.75. The lowest BCUT2D eigenvalue weighted by Gasteiger charge is -2.15. The lowest BCUT2D eigenvalue weighted by atomic mass is 10.1. The van der Waals surface area contributed by atoms with Crippen LogP contribution in [0.4, 0.5) is 0 Å². The molecule has 3 rings (SSSR count). The van der Waals surface area contributed by atoms with Crippen LogP contribution in [0.15, 0.2) is 52.1 Å². The number of nitrogens with one attached hydrogen (secondary N) is 1. The zero-order chi connectivity index (χ0) is 22.7. The Labute approximate surface area is 185 Å². The zero-order valence-electron chi connectivity index (χ0n) is 18.0. The summed E-state index contributed by atoms with van der Waals surface area (Å²) in [5, 5.41) is 7.33. The number of nitrogens with zero attached hydrogens (tertiary/aromatic N) is 3. The fourth-order valence-electron chi connectivity index (χ4n) is 3.03. The molecule has 0 spiro atoms. The maximum Gasteiger partial charge on any atom is 0.352 e. The molecule has 0 radical (unpaired) electrons. The van der Waals surface area contributed by atoms with Crippen LogP contribution >= 0.6 is 11.6 Å². The van der Waals surface area contributed by atoms with Crippen molar-refractivity contribution in [1.82, 2.24) is 19.7 Å². The van der Waals surface area contributed by atoms with Gasteiger partial charge in [-0.1, -0.05) is 48.9 Å². The molecule has 0 aliphatic carbocycles. The van der Waals surface area contributed by atoms with Gasteiger partial charge < -0.3 is 5.32 Å². The van der Waals surface area contributed by atoms with Crippen LogP contribution < -0.4 is 16.6 Å². The third-order valence-electron chi connectivity index (χ3n) is 5.25. The van der Waals surface area contributed by atoms with Crippen molar-refractivity contribution in [3.63, 3.8) is 0 Å². The first-order chi connectivity index (χ1) is 14.7. The molecule has 0 aliphatic rings. The molecular formula is C23H25ClN4O3. The van der Waals surface area contributed by atoms with E-state index in [1.54, 1.807) is 18.2 Å². The zero-order valence-corrected chi connectivity index (χ0v) is 18.7. The monoisotopic (exact) mass is 440 g/mol. The normalized spacial score (nSPS) is 11.9. The van der Waals surface area contributed by atoms with E-state index < -0.39 is 17.2 Å². The number of hydrogen-bond acceptors (Lipinski definition) is 4. The summed E-state index contributed by atoms with van der Waals surface area (Å²) >= 11 is 6.24. The lowest BCUT2D eigenvalue weighted by Crippen LogP contribution is -2.47. The fraction of sp³-hybridized carbons (Fsp3) is 0.304. The van der Waals surface area contributed by atoms with Gasteiger partial charge in [-0.25, -0.2) is 4.79 Å². The number of carbonyl (C=O) groups is 1. The molecule has 0 aliphatic heterocycles. The third-order valence-corrected chi connectivity index (χ3v) is 5.66. The van der Waals surface area contributed by atoms with Crippen molar-refractivity contribution < 1.29 is 4.79 Å². The highest BCUT2D eigenvalue weighted by molar-refractivity contribution is 6.31. The molecule has 1 atom stereocenters. The average molecular weight is 441 g/mol. The highest BCUT2D eigenvalue weighted by atomic mass is 35.5. The van der Waals surface area contributed by atoms with E-state index in [1.165, 1.54) is 0 Å². The van der Waals surface area contributed by atoms with Crippen LogP contribution in [0.25, 0.3) is 5.69 Å². The quantitative estimate of drug-likeness (QED) is 0.637. The highest BCUT2D eigenvalue weighted by Crippen LogP contribution is 2.18. The van der Waals surface area contributed by atoms with Gasteiger partial charge in [0.25, 0.3) is 11.5 Å². The second-order valence-electron chi connectivity index (χ2n) is 7.58. The Morgan fingerprint density at radius 2 is 1.84 bits per heavy atom. The van der Waals surface area contributed by atoms with Crippen molar-refractivity contribution in [2.24, 2.45) is 0 Å². The number of hydrogen-bond donors (Lipinski definition) is 1. The number of rotatable bonds is 6. The van der Waals surface area contributed by atoms with Crippen LogP contribution in [0, 0.1) is 13.8 Å². The number of amides is 1. The van der Waals surface area contributed by atoms with Crippen LogP contribution in [-0.4, -0.2) is 26.3 Å². The summed E-state index contributed by atoms with van der Waals surface area (Å²) in [6.07, 6.45) is 0.691. The highest BCUT2D eigenvalue weighted by Gasteiger charge is 2.22. The number of halogens is 1. The molecule has 1 heterocycles. The van der Waals surface area contributed by atoms with Gasteiger partial charge in [-0.05, 0) is 56.0 Å². The first kappa shape index (κ1) is 22.5. The van der Waals surface area contributed by atoms with Gasteiger partial charge in [0.05, 0.1) is 12.2 Å². The summed E-state index contributed by atoms with van der Waals surface area (Å²) in [7, 11) is 0. The Bertz CT molecular complexity index is 1250. The van der Waals surface area contributed by atoms with Gasteiger partial charge in [0.1, 0.15) is 0 Å². The van der Waals surface area contributed by atoms with Crippen molar-refractivity contribution in [3.8, 4) is 5.69 Å². The predicted octanol–water partition coefficient (Wildman–Crippen LogP) is 3.24. The van der Waals surface area contributed by atoms with Gasteiger partial charge in [-0.15, -0.1) is 0 Å². The second kappa shape index (κ2) is 9.31. The van der Waals surface area contributed by atoms with E-state index in [9.17, 15) is 14.4 Å². The maximum absolute atomic E-state index is 13.2. The van der Waals surface area contributed by atoms with Crippen LogP contribution in [-0.2, 0) is 6.54 Å². The Morgan fingerprint density at radius 3 is 2.48 bits per heavy atom. The standard InChI is InChI=1S/C23H25ClN4O3/c1-5-16(4)25-21(29)20-22(30)27(13-17-9-7-6-8-14(17)2)23(31)28(26-20)18-11-10-15(3)19(24)12-18/h6-12,16H,5,13H2,1-4H3,(H,25,29). The SMILES string of the molecule is CCC(C)NC(=O)c1nn(-c2ccc(C)c(Cl)c2)c(=O)n(Cc2ccccc2C)c1=O. The number of aromatic nitrogens is 3. The summed E-state index contributed by atoms with van der Waals surface area (Å²) < 4.78 is 2.09. The molecular weight excluding hydrogens is 416 g/mol. The molecule has 162 valence electrons. The van der Waals surface area contributed by atoms with Crippen LogP contribution in [0.2, 0.25) is 5.02 Å². The molecule has 3 aromatic rings. The van der Waals surface area contributed by atoms with E-state index in [2.05, 4.69) is 10.4 Å². The molecule has 0 saturated carbocycles. The van der Waals surface area contributed by atoms with E-state index in [-0.39, 0.29) is 18.3 Å². The molecule has 0 bridgehead atoms. The number of carbonyl (C=O) groups excluding carboxylic acids is 1. The van der Waals surface area contributed by atoms with Gasteiger partial charge in [0.2, 0.25) is 5.69 Å². The van der Waals surface area contributed by atoms with E-state index in [4.69, 9.17) is 11.6 Å². The minimum Gasteiger partial charge on any atom is -0.348 e. The van der Waals surface area contributed by atoms with Gasteiger partial charge in [0.15, 0.2) is 0 Å². The van der Waals surface area contributed by atoms with E-state index in [0.29, 0.717) is 17.1 Å². The topological polar surface area (TPSA) is 86.0 Å². The molecule has 7 nitrogen and oxygen atoms in total. The summed E-state index contributed by atoms with van der Waals surface area (Å²) in [4.78, 5) is 39.2. The van der Waals surface area contributed by atoms with Crippen LogP contribution in [0.3, 0.4) is 0 Å². The number of benzene rings is 2. The van der Waals surface area contributed by atoms with E-state index in [1.807, 2.05) is 52.0 Å². The first-order valence-corrected chi connectivity index (χ1v) is 10.5. The molecule has 1 amide bonds.